The van der Waals surface area contributed by atoms with E-state index >= 15 is 0 Å². The average Bonchev–Trinajstić information content (AvgIpc) is 3.34. The molecule has 0 spiro atoms. The minimum Gasteiger partial charge on any atom is -0.389 e. The molecule has 2 heterocycles. The Hall–Kier alpha value is -1.73. The number of anilines is 1. The van der Waals surface area contributed by atoms with E-state index in [-0.39, 0.29) is 18.6 Å². The Morgan fingerprint density at radius 3 is 2.95 bits per heavy atom. The van der Waals surface area contributed by atoms with E-state index in [0.29, 0.717) is 25.4 Å². The smallest absolute Gasteiger partial charge is 0.248 e. The Bertz CT molecular complexity index is 535. The number of β-amino-alcohol motifs (C(OH)–C–C–N with tert-alkyl or cyclic N) is 1. The van der Waals surface area contributed by atoms with E-state index in [1.54, 1.807) is 11.2 Å². The van der Waals surface area contributed by atoms with Crippen molar-refractivity contribution >= 4 is 11.7 Å². The van der Waals surface area contributed by atoms with Gasteiger partial charge in [0.25, 0.3) is 0 Å². The molecule has 1 aromatic rings. The number of hydrogen-bond acceptors (Lipinski definition) is 6. The highest BCUT2D eigenvalue weighted by molar-refractivity contribution is 5.77. The molecule has 0 bridgehead atoms. The number of amides is 1. The van der Waals surface area contributed by atoms with Crippen LogP contribution in [0.15, 0.2) is 12.4 Å². The maximum absolute atomic E-state index is 11.8. The number of piperidine rings is 1. The molecule has 1 aliphatic heterocycles. The normalized spacial score (nSPS) is 25.1. The molecule has 1 aliphatic carbocycles. The van der Waals surface area contributed by atoms with Crippen LogP contribution in [-0.2, 0) is 9.53 Å². The number of ether oxygens (including phenoxy) is 1. The molecule has 0 aromatic carbocycles. The van der Waals surface area contributed by atoms with Gasteiger partial charge in [0, 0.05) is 37.9 Å². The molecule has 1 aromatic heterocycles. The number of likely N-dealkylation sites (tertiary alicyclic amines) is 1. The molecule has 2 fully saturated rings. The maximum atomic E-state index is 11.8. The highest BCUT2D eigenvalue weighted by Gasteiger charge is 2.31. The van der Waals surface area contributed by atoms with Gasteiger partial charge < -0.3 is 20.1 Å². The third-order valence-electron chi connectivity index (χ3n) is 4.22. The van der Waals surface area contributed by atoms with Crippen molar-refractivity contribution in [2.24, 2.45) is 0 Å². The molecule has 2 aliphatic rings. The van der Waals surface area contributed by atoms with Crippen LogP contribution < -0.4 is 5.32 Å². The first-order valence-corrected chi connectivity index (χ1v) is 7.70. The average molecular weight is 306 g/mol. The fourth-order valence-electron chi connectivity index (χ4n) is 2.78. The van der Waals surface area contributed by atoms with Gasteiger partial charge in [-0.15, -0.1) is 0 Å². The number of carbonyl (C=O) groups is 1. The van der Waals surface area contributed by atoms with Crippen LogP contribution in [0.1, 0.15) is 30.9 Å². The Morgan fingerprint density at radius 1 is 1.45 bits per heavy atom. The summed E-state index contributed by atoms with van der Waals surface area (Å²) < 4.78 is 4.85. The summed E-state index contributed by atoms with van der Waals surface area (Å²) in [5.74, 6) is 1.23. The lowest BCUT2D eigenvalue weighted by Gasteiger charge is -2.36. The number of methoxy groups -OCH3 is 1. The molecular weight excluding hydrogens is 284 g/mol. The van der Waals surface area contributed by atoms with Crippen LogP contribution in [-0.4, -0.2) is 64.8 Å². The molecular formula is C15H22N4O3. The van der Waals surface area contributed by atoms with Gasteiger partial charge in [0.1, 0.15) is 18.8 Å². The van der Waals surface area contributed by atoms with Gasteiger partial charge in [-0.1, -0.05) is 0 Å². The molecule has 2 atom stereocenters. The summed E-state index contributed by atoms with van der Waals surface area (Å²) in [4.78, 5) is 21.9. The predicted molar refractivity (Wildman–Crippen MR) is 80.5 cm³/mol. The first-order valence-electron chi connectivity index (χ1n) is 7.70. The number of carbonyl (C=O) groups excluding carboxylic acids is 1. The summed E-state index contributed by atoms with van der Waals surface area (Å²) in [6.07, 6.45) is 4.02. The van der Waals surface area contributed by atoms with Crippen molar-refractivity contribution in [1.29, 1.82) is 0 Å². The zero-order valence-electron chi connectivity index (χ0n) is 12.7. The van der Waals surface area contributed by atoms with Crippen LogP contribution in [0.2, 0.25) is 0 Å². The predicted octanol–water partition coefficient (Wildman–Crippen LogP) is 0.374. The fourth-order valence-corrected chi connectivity index (χ4v) is 2.78. The monoisotopic (exact) mass is 306 g/mol. The summed E-state index contributed by atoms with van der Waals surface area (Å²) >= 11 is 0. The van der Waals surface area contributed by atoms with Crippen LogP contribution >= 0.6 is 0 Å². The van der Waals surface area contributed by atoms with E-state index in [1.807, 2.05) is 6.07 Å². The summed E-state index contributed by atoms with van der Waals surface area (Å²) in [7, 11) is 1.50. The standard InChI is InChI=1S/C15H22N4O3/c1-22-8-15(21)19-5-4-11(13(20)7-19)18-14-6-12(10-2-3-10)16-9-17-14/h6,9-11,13,20H,2-5,7-8H2,1H3,(H,16,17,18)/t11-,13-/m1/s1. The lowest BCUT2D eigenvalue weighted by molar-refractivity contribution is -0.138. The number of aliphatic hydroxyl groups is 1. The van der Waals surface area contributed by atoms with Gasteiger partial charge in [0.15, 0.2) is 0 Å². The maximum Gasteiger partial charge on any atom is 0.248 e. The van der Waals surface area contributed by atoms with E-state index in [9.17, 15) is 9.90 Å². The molecule has 1 saturated heterocycles. The molecule has 1 saturated carbocycles. The Kier molecular flexibility index (Phi) is 4.54. The summed E-state index contributed by atoms with van der Waals surface area (Å²) in [5.41, 5.74) is 1.07. The van der Waals surface area contributed by atoms with Crippen molar-refractivity contribution in [2.75, 3.05) is 32.1 Å². The van der Waals surface area contributed by atoms with Crippen molar-refractivity contribution in [3.63, 3.8) is 0 Å². The quantitative estimate of drug-likeness (QED) is 0.817. The third kappa shape index (κ3) is 3.53. The fraction of sp³-hybridized carbons (Fsp3) is 0.667. The highest BCUT2D eigenvalue weighted by atomic mass is 16.5. The number of hydrogen-bond donors (Lipinski definition) is 2. The molecule has 120 valence electrons. The highest BCUT2D eigenvalue weighted by Crippen LogP contribution is 2.39. The van der Waals surface area contributed by atoms with Crippen molar-refractivity contribution < 1.29 is 14.6 Å². The molecule has 3 rings (SSSR count). The topological polar surface area (TPSA) is 87.6 Å². The van der Waals surface area contributed by atoms with Crippen molar-refractivity contribution in [3.05, 3.63) is 18.1 Å². The van der Waals surface area contributed by atoms with E-state index in [2.05, 4.69) is 15.3 Å². The lowest BCUT2D eigenvalue weighted by Crippen LogP contribution is -2.52. The van der Waals surface area contributed by atoms with Gasteiger partial charge in [0.05, 0.1) is 12.1 Å². The molecule has 7 nitrogen and oxygen atoms in total. The van der Waals surface area contributed by atoms with E-state index in [0.717, 1.165) is 11.5 Å². The molecule has 22 heavy (non-hydrogen) atoms. The van der Waals surface area contributed by atoms with E-state index in [4.69, 9.17) is 4.74 Å². The van der Waals surface area contributed by atoms with Gasteiger partial charge in [-0.05, 0) is 19.3 Å². The minimum atomic E-state index is -0.617. The van der Waals surface area contributed by atoms with Gasteiger partial charge in [-0.25, -0.2) is 9.97 Å². The molecule has 1 amide bonds. The third-order valence-corrected chi connectivity index (χ3v) is 4.22. The number of rotatable bonds is 5. The lowest BCUT2D eigenvalue weighted by atomic mass is 10.0. The first-order chi connectivity index (χ1) is 10.7. The van der Waals surface area contributed by atoms with Crippen molar-refractivity contribution in [1.82, 2.24) is 14.9 Å². The molecule has 0 radical (unpaired) electrons. The van der Waals surface area contributed by atoms with Crippen LogP contribution in [0.3, 0.4) is 0 Å². The van der Waals surface area contributed by atoms with Gasteiger partial charge in [0.2, 0.25) is 5.91 Å². The number of nitrogens with one attached hydrogen (secondary N) is 1. The second-order valence-electron chi connectivity index (χ2n) is 5.98. The van der Waals surface area contributed by atoms with Crippen LogP contribution in [0.5, 0.6) is 0 Å². The van der Waals surface area contributed by atoms with Gasteiger partial charge in [-0.3, -0.25) is 4.79 Å². The number of aromatic nitrogens is 2. The van der Waals surface area contributed by atoms with Crippen LogP contribution in [0.25, 0.3) is 0 Å². The number of nitrogens with zero attached hydrogens (tertiary/aromatic N) is 3. The summed E-state index contributed by atoms with van der Waals surface area (Å²) in [6, 6.07) is 1.86. The van der Waals surface area contributed by atoms with Crippen LogP contribution in [0.4, 0.5) is 5.82 Å². The van der Waals surface area contributed by atoms with Gasteiger partial charge in [-0.2, -0.15) is 0 Å². The largest absolute Gasteiger partial charge is 0.389 e. The van der Waals surface area contributed by atoms with Gasteiger partial charge >= 0.3 is 0 Å². The first kappa shape index (κ1) is 15.2. The van der Waals surface area contributed by atoms with Crippen LogP contribution in [0, 0.1) is 0 Å². The second kappa shape index (κ2) is 6.58. The molecule has 0 unspecified atom stereocenters. The Balaban J connectivity index is 1.57. The SMILES string of the molecule is COCC(=O)N1CC[C@@H](Nc2cc(C3CC3)ncn2)[C@H](O)C1. The summed E-state index contributed by atoms with van der Waals surface area (Å²) in [5, 5.41) is 13.5. The Morgan fingerprint density at radius 2 is 2.27 bits per heavy atom. The second-order valence-corrected chi connectivity index (χ2v) is 5.98. The van der Waals surface area contributed by atoms with E-state index in [1.165, 1.54) is 20.0 Å². The molecule has 2 N–H and O–H groups in total. The Labute approximate surface area is 129 Å². The summed E-state index contributed by atoms with van der Waals surface area (Å²) in [6.45, 7) is 0.986. The van der Waals surface area contributed by atoms with Crippen molar-refractivity contribution in [2.45, 2.75) is 37.3 Å². The number of aliphatic hydroxyl groups excluding tert-OH is 1. The zero-order valence-corrected chi connectivity index (χ0v) is 12.7. The molecule has 7 heteroatoms. The van der Waals surface area contributed by atoms with E-state index < -0.39 is 6.10 Å². The minimum absolute atomic E-state index is 0.0570. The zero-order chi connectivity index (χ0) is 15.5. The van der Waals surface area contributed by atoms with Crippen molar-refractivity contribution in [3.8, 4) is 0 Å².